The van der Waals surface area contributed by atoms with Crippen molar-refractivity contribution in [2.75, 3.05) is 12.3 Å². The van der Waals surface area contributed by atoms with Crippen LogP contribution in [0.1, 0.15) is 18.7 Å². The first-order valence-corrected chi connectivity index (χ1v) is 9.83. The molecule has 0 spiro atoms. The summed E-state index contributed by atoms with van der Waals surface area (Å²) in [5.41, 5.74) is 8.66. The third-order valence-electron chi connectivity index (χ3n) is 5.20. The van der Waals surface area contributed by atoms with Gasteiger partial charge in [-0.05, 0) is 55.8 Å². The van der Waals surface area contributed by atoms with E-state index in [1.54, 1.807) is 0 Å². The van der Waals surface area contributed by atoms with Gasteiger partial charge in [0.25, 0.3) is 0 Å². The molecule has 4 N–H and O–H groups in total. The maximum Gasteiger partial charge on any atom is 0.187 e. The highest BCUT2D eigenvalue weighted by molar-refractivity contribution is 5.98. The normalized spacial score (nSPS) is 16.3. The third kappa shape index (κ3) is 3.64. The van der Waals surface area contributed by atoms with Crippen LogP contribution in [0.25, 0.3) is 22.3 Å². The Kier molecular flexibility index (Phi) is 4.57. The number of fused-ring (bicyclic) bond motifs is 1. The van der Waals surface area contributed by atoms with Crippen molar-refractivity contribution in [2.45, 2.75) is 25.3 Å². The first-order chi connectivity index (χ1) is 14.3. The molecule has 0 amide bonds. The number of nitrogens with zero attached hydrogens (tertiary/aromatic N) is 3. The lowest BCUT2D eigenvalue weighted by atomic mass is 10.1. The molecule has 29 heavy (non-hydrogen) atoms. The van der Waals surface area contributed by atoms with Crippen molar-refractivity contribution in [1.29, 1.82) is 0 Å². The van der Waals surface area contributed by atoms with Gasteiger partial charge in [0.05, 0.1) is 11.1 Å². The van der Waals surface area contributed by atoms with Crippen LogP contribution in [-0.4, -0.2) is 32.8 Å². The standard InChI is InChI=1S/C22H22N6O/c23-21-19-20(14-8-10-17(11-9-14)29-16-6-2-1-3-7-16)27-28-22(19)26-18(25-21)13-15-5-4-12-24-15/h1-3,6-11,15,24H,4-5,12-13H2,(H3,23,25,26,27,28). The Morgan fingerprint density at radius 2 is 1.79 bits per heavy atom. The van der Waals surface area contributed by atoms with Crippen molar-refractivity contribution in [3.63, 3.8) is 0 Å². The minimum absolute atomic E-state index is 0.419. The van der Waals surface area contributed by atoms with Gasteiger partial charge in [-0.15, -0.1) is 0 Å². The lowest BCUT2D eigenvalue weighted by Crippen LogP contribution is -2.24. The van der Waals surface area contributed by atoms with Crippen molar-refractivity contribution in [1.82, 2.24) is 25.5 Å². The maximum atomic E-state index is 6.29. The predicted molar refractivity (Wildman–Crippen MR) is 113 cm³/mol. The average Bonchev–Trinajstić information content (AvgIpc) is 3.40. The van der Waals surface area contributed by atoms with Crippen LogP contribution in [0.2, 0.25) is 0 Å². The second-order valence-corrected chi connectivity index (χ2v) is 7.26. The van der Waals surface area contributed by atoms with Crippen LogP contribution in [-0.2, 0) is 6.42 Å². The van der Waals surface area contributed by atoms with Gasteiger partial charge in [0.1, 0.15) is 23.1 Å². The van der Waals surface area contributed by atoms with Crippen LogP contribution >= 0.6 is 0 Å². The summed E-state index contributed by atoms with van der Waals surface area (Å²) >= 11 is 0. The summed E-state index contributed by atoms with van der Waals surface area (Å²) in [6, 6.07) is 17.9. The Labute approximate surface area is 168 Å². The topological polar surface area (TPSA) is 102 Å². The van der Waals surface area contributed by atoms with Crippen LogP contribution in [0.3, 0.4) is 0 Å². The van der Waals surface area contributed by atoms with Crippen LogP contribution in [0.5, 0.6) is 11.5 Å². The minimum atomic E-state index is 0.419. The molecule has 2 aromatic heterocycles. The summed E-state index contributed by atoms with van der Waals surface area (Å²) in [6.45, 7) is 1.05. The lowest BCUT2D eigenvalue weighted by Gasteiger charge is -2.09. The molecule has 0 saturated carbocycles. The number of anilines is 1. The molecule has 0 bridgehead atoms. The zero-order chi connectivity index (χ0) is 19.6. The number of aromatic amines is 1. The Balaban J connectivity index is 1.41. The Morgan fingerprint density at radius 1 is 1.00 bits per heavy atom. The molecule has 1 saturated heterocycles. The number of benzene rings is 2. The number of nitrogen functional groups attached to an aromatic ring is 1. The summed E-state index contributed by atoms with van der Waals surface area (Å²) in [7, 11) is 0. The Morgan fingerprint density at radius 3 is 2.55 bits per heavy atom. The van der Waals surface area contributed by atoms with Crippen LogP contribution in [0, 0.1) is 0 Å². The highest BCUT2D eigenvalue weighted by Gasteiger charge is 2.19. The number of ether oxygens (including phenoxy) is 1. The Bertz CT molecular complexity index is 1120. The summed E-state index contributed by atoms with van der Waals surface area (Å²) in [4.78, 5) is 9.16. The number of H-pyrrole nitrogens is 1. The maximum absolute atomic E-state index is 6.29. The molecule has 7 nitrogen and oxygen atoms in total. The third-order valence-corrected chi connectivity index (χ3v) is 5.20. The van der Waals surface area contributed by atoms with E-state index in [1.807, 2.05) is 54.6 Å². The molecule has 3 heterocycles. The van der Waals surface area contributed by atoms with Crippen LogP contribution < -0.4 is 15.8 Å². The van der Waals surface area contributed by atoms with E-state index in [0.29, 0.717) is 17.5 Å². The van der Waals surface area contributed by atoms with Gasteiger partial charge in [-0.1, -0.05) is 18.2 Å². The fraction of sp³-hybridized carbons (Fsp3) is 0.227. The predicted octanol–water partition coefficient (Wildman–Crippen LogP) is 3.69. The van der Waals surface area contributed by atoms with Crippen molar-refractivity contribution < 1.29 is 4.74 Å². The van der Waals surface area contributed by atoms with E-state index in [2.05, 4.69) is 25.5 Å². The van der Waals surface area contributed by atoms with Gasteiger partial charge in [-0.3, -0.25) is 5.10 Å². The monoisotopic (exact) mass is 386 g/mol. The van der Waals surface area contributed by atoms with E-state index >= 15 is 0 Å². The number of rotatable bonds is 5. The van der Waals surface area contributed by atoms with Crippen molar-refractivity contribution in [3.05, 3.63) is 60.4 Å². The van der Waals surface area contributed by atoms with Crippen molar-refractivity contribution >= 4 is 16.9 Å². The molecule has 1 aliphatic heterocycles. The molecule has 1 fully saturated rings. The number of nitrogens with two attached hydrogens (primary N) is 1. The summed E-state index contributed by atoms with van der Waals surface area (Å²) in [5, 5.41) is 11.7. The lowest BCUT2D eigenvalue weighted by molar-refractivity contribution is 0.483. The molecule has 7 heteroatoms. The quantitative estimate of drug-likeness (QED) is 0.483. The van der Waals surface area contributed by atoms with Gasteiger partial charge in [0.2, 0.25) is 0 Å². The van der Waals surface area contributed by atoms with E-state index in [-0.39, 0.29) is 0 Å². The number of aromatic nitrogens is 4. The smallest absolute Gasteiger partial charge is 0.187 e. The second kappa shape index (κ2) is 7.52. The second-order valence-electron chi connectivity index (χ2n) is 7.26. The number of para-hydroxylation sites is 1. The average molecular weight is 386 g/mol. The molecular formula is C22H22N6O. The van der Waals surface area contributed by atoms with Gasteiger partial charge in [0, 0.05) is 18.0 Å². The molecule has 1 atom stereocenters. The van der Waals surface area contributed by atoms with Crippen molar-refractivity contribution in [2.24, 2.45) is 0 Å². The Hall–Kier alpha value is -3.45. The van der Waals surface area contributed by atoms with E-state index in [9.17, 15) is 0 Å². The summed E-state index contributed by atoms with van der Waals surface area (Å²) in [6.07, 6.45) is 3.11. The van der Waals surface area contributed by atoms with Gasteiger partial charge in [0.15, 0.2) is 5.65 Å². The van der Waals surface area contributed by atoms with Gasteiger partial charge in [-0.25, -0.2) is 9.97 Å². The van der Waals surface area contributed by atoms with E-state index < -0.39 is 0 Å². The molecule has 5 rings (SSSR count). The molecule has 0 radical (unpaired) electrons. The van der Waals surface area contributed by atoms with Gasteiger partial charge >= 0.3 is 0 Å². The molecule has 0 aliphatic carbocycles. The van der Waals surface area contributed by atoms with Crippen LogP contribution in [0.15, 0.2) is 54.6 Å². The molecule has 1 aliphatic rings. The molecule has 2 aromatic carbocycles. The first kappa shape index (κ1) is 17.6. The molecule has 4 aromatic rings. The summed E-state index contributed by atoms with van der Waals surface area (Å²) in [5.74, 6) is 2.75. The zero-order valence-electron chi connectivity index (χ0n) is 15.9. The zero-order valence-corrected chi connectivity index (χ0v) is 15.9. The van der Waals surface area contributed by atoms with Gasteiger partial charge < -0.3 is 15.8 Å². The highest BCUT2D eigenvalue weighted by Crippen LogP contribution is 2.31. The largest absolute Gasteiger partial charge is 0.457 e. The minimum Gasteiger partial charge on any atom is -0.457 e. The highest BCUT2D eigenvalue weighted by atomic mass is 16.5. The van der Waals surface area contributed by atoms with E-state index in [1.165, 1.54) is 6.42 Å². The number of hydrogen-bond acceptors (Lipinski definition) is 6. The number of nitrogens with one attached hydrogen (secondary N) is 2. The summed E-state index contributed by atoms with van der Waals surface area (Å²) < 4.78 is 5.86. The van der Waals surface area contributed by atoms with Crippen LogP contribution in [0.4, 0.5) is 5.82 Å². The molecular weight excluding hydrogens is 364 g/mol. The molecule has 1 unspecified atom stereocenters. The number of hydrogen-bond donors (Lipinski definition) is 3. The van der Waals surface area contributed by atoms with Gasteiger partial charge in [-0.2, -0.15) is 5.10 Å². The van der Waals surface area contributed by atoms with Crippen molar-refractivity contribution in [3.8, 4) is 22.8 Å². The fourth-order valence-corrected chi connectivity index (χ4v) is 3.76. The van der Waals surface area contributed by atoms with E-state index in [0.717, 1.165) is 53.4 Å². The first-order valence-electron chi connectivity index (χ1n) is 9.83. The SMILES string of the molecule is Nc1nc(CC2CCCN2)nc2n[nH]c(-c3ccc(Oc4ccccc4)cc3)c12. The van der Waals surface area contributed by atoms with E-state index in [4.69, 9.17) is 10.5 Å². The molecule has 146 valence electrons. The fourth-order valence-electron chi connectivity index (χ4n) is 3.76.